The molecule has 0 unspecified atom stereocenters. The van der Waals surface area contributed by atoms with Crippen molar-refractivity contribution in [2.45, 2.75) is 17.9 Å². The minimum Gasteiger partial charge on any atom is -0.333 e. The van der Waals surface area contributed by atoms with Crippen molar-refractivity contribution < 1.29 is 13.2 Å². The Labute approximate surface area is 157 Å². The Hall–Kier alpha value is -2.97. The van der Waals surface area contributed by atoms with Crippen molar-refractivity contribution in [3.8, 4) is 0 Å². The molecule has 8 heteroatoms. The van der Waals surface area contributed by atoms with Gasteiger partial charge in [-0.1, -0.05) is 18.2 Å². The van der Waals surface area contributed by atoms with Crippen LogP contribution < -0.4 is 10.0 Å². The first-order chi connectivity index (χ1) is 12.9. The van der Waals surface area contributed by atoms with E-state index in [-0.39, 0.29) is 10.8 Å². The van der Waals surface area contributed by atoms with E-state index < -0.39 is 10.0 Å². The van der Waals surface area contributed by atoms with Crippen LogP contribution >= 0.6 is 0 Å². The zero-order valence-electron chi connectivity index (χ0n) is 14.4. The summed E-state index contributed by atoms with van der Waals surface area (Å²) in [6.45, 7) is 1.05. The Morgan fingerprint density at radius 2 is 2.00 bits per heavy atom. The van der Waals surface area contributed by atoms with Gasteiger partial charge in [-0.05, 0) is 41.8 Å². The summed E-state index contributed by atoms with van der Waals surface area (Å²) < 4.78 is 25.0. The van der Waals surface area contributed by atoms with Crippen LogP contribution in [0.3, 0.4) is 0 Å². The standard InChI is InChI=1S/C19H18N4O3S/c20-27(25,26)16-5-6-18-14(11-16)7-9-23(18)19(24)17-4-2-1-3-15(17)12-22-10-8-21-13-22/h1-6,8,10-11,13H,7,9,12H2,(H2,20,25,26). The van der Waals surface area contributed by atoms with Crippen LogP contribution in [-0.4, -0.2) is 30.4 Å². The quantitative estimate of drug-likeness (QED) is 0.744. The van der Waals surface area contributed by atoms with Gasteiger partial charge in [0.25, 0.3) is 5.91 Å². The highest BCUT2D eigenvalue weighted by Crippen LogP contribution is 2.31. The van der Waals surface area contributed by atoms with Crippen molar-refractivity contribution in [1.82, 2.24) is 9.55 Å². The smallest absolute Gasteiger partial charge is 0.258 e. The molecule has 0 aliphatic carbocycles. The van der Waals surface area contributed by atoms with Crippen molar-refractivity contribution in [2.24, 2.45) is 5.14 Å². The van der Waals surface area contributed by atoms with Gasteiger partial charge < -0.3 is 9.47 Å². The number of sulfonamides is 1. The number of fused-ring (bicyclic) bond motifs is 1. The number of aromatic nitrogens is 2. The first-order valence-electron chi connectivity index (χ1n) is 8.45. The van der Waals surface area contributed by atoms with Crippen molar-refractivity contribution in [1.29, 1.82) is 0 Å². The first-order valence-corrected chi connectivity index (χ1v) is 9.99. The zero-order chi connectivity index (χ0) is 19.0. The van der Waals surface area contributed by atoms with Crippen LogP contribution in [0.1, 0.15) is 21.5 Å². The van der Waals surface area contributed by atoms with Crippen LogP contribution in [0.25, 0.3) is 0 Å². The molecule has 1 aliphatic heterocycles. The topological polar surface area (TPSA) is 98.3 Å². The van der Waals surface area contributed by atoms with Gasteiger partial charge in [-0.15, -0.1) is 0 Å². The van der Waals surface area contributed by atoms with E-state index in [1.165, 1.54) is 6.07 Å². The van der Waals surface area contributed by atoms with Gasteiger partial charge in [0, 0.05) is 36.7 Å². The van der Waals surface area contributed by atoms with Crippen molar-refractivity contribution in [3.63, 3.8) is 0 Å². The van der Waals surface area contributed by atoms with Crippen LogP contribution in [-0.2, 0) is 23.0 Å². The molecule has 7 nitrogen and oxygen atoms in total. The van der Waals surface area contributed by atoms with Crippen molar-refractivity contribution in [2.75, 3.05) is 11.4 Å². The molecule has 0 spiro atoms. The van der Waals surface area contributed by atoms with E-state index in [0.29, 0.717) is 25.1 Å². The minimum atomic E-state index is -3.76. The number of hydrogen-bond acceptors (Lipinski definition) is 4. The third kappa shape index (κ3) is 3.36. The van der Waals surface area contributed by atoms with E-state index >= 15 is 0 Å². The number of hydrogen-bond donors (Lipinski definition) is 1. The zero-order valence-corrected chi connectivity index (χ0v) is 15.3. The fraction of sp³-hybridized carbons (Fsp3) is 0.158. The fourth-order valence-electron chi connectivity index (χ4n) is 3.36. The van der Waals surface area contributed by atoms with E-state index in [1.54, 1.807) is 29.6 Å². The van der Waals surface area contributed by atoms with Crippen LogP contribution in [0, 0.1) is 0 Å². The van der Waals surface area contributed by atoms with Crippen LogP contribution in [0.4, 0.5) is 5.69 Å². The molecule has 0 saturated carbocycles. The van der Waals surface area contributed by atoms with Gasteiger partial charge in [-0.3, -0.25) is 4.79 Å². The molecule has 2 heterocycles. The monoisotopic (exact) mass is 382 g/mol. The van der Waals surface area contributed by atoms with Gasteiger partial charge in [0.1, 0.15) is 0 Å². The van der Waals surface area contributed by atoms with Gasteiger partial charge >= 0.3 is 0 Å². The number of carbonyl (C=O) groups is 1. The van der Waals surface area contributed by atoms with E-state index in [4.69, 9.17) is 5.14 Å². The molecule has 1 aliphatic rings. The summed E-state index contributed by atoms with van der Waals surface area (Å²) in [6, 6.07) is 12.1. The molecule has 0 fully saturated rings. The first kappa shape index (κ1) is 17.4. The lowest BCUT2D eigenvalue weighted by molar-refractivity contribution is 0.0988. The second-order valence-corrected chi connectivity index (χ2v) is 8.00. The van der Waals surface area contributed by atoms with Crippen LogP contribution in [0.15, 0.2) is 66.1 Å². The van der Waals surface area contributed by atoms with Gasteiger partial charge in [0.2, 0.25) is 10.0 Å². The van der Waals surface area contributed by atoms with Crippen LogP contribution in [0.5, 0.6) is 0 Å². The number of nitrogens with two attached hydrogens (primary N) is 1. The second kappa shape index (κ2) is 6.64. The maximum atomic E-state index is 13.2. The number of amides is 1. The molecule has 2 N–H and O–H groups in total. The highest BCUT2D eigenvalue weighted by molar-refractivity contribution is 7.89. The Bertz CT molecular complexity index is 1110. The molecular weight excluding hydrogens is 364 g/mol. The number of imidazole rings is 1. The number of nitrogens with zero attached hydrogens (tertiary/aromatic N) is 3. The van der Waals surface area contributed by atoms with E-state index in [2.05, 4.69) is 4.98 Å². The number of primary sulfonamides is 1. The summed E-state index contributed by atoms with van der Waals surface area (Å²) in [5, 5.41) is 5.20. The summed E-state index contributed by atoms with van der Waals surface area (Å²) in [4.78, 5) is 19.0. The van der Waals surface area contributed by atoms with Crippen LogP contribution in [0.2, 0.25) is 0 Å². The predicted molar refractivity (Wildman–Crippen MR) is 101 cm³/mol. The molecule has 27 heavy (non-hydrogen) atoms. The minimum absolute atomic E-state index is 0.0658. The number of rotatable bonds is 4. The molecule has 4 rings (SSSR count). The molecular formula is C19H18N4O3S. The van der Waals surface area contributed by atoms with E-state index in [9.17, 15) is 13.2 Å². The Kier molecular flexibility index (Phi) is 4.29. The average molecular weight is 382 g/mol. The summed E-state index contributed by atoms with van der Waals surface area (Å²) in [6.07, 6.45) is 5.85. The number of carbonyl (C=O) groups excluding carboxylic acids is 1. The average Bonchev–Trinajstić information content (AvgIpc) is 3.30. The predicted octanol–water partition coefficient (Wildman–Crippen LogP) is 1.78. The van der Waals surface area contributed by atoms with Gasteiger partial charge in [0.15, 0.2) is 0 Å². The largest absolute Gasteiger partial charge is 0.333 e. The lowest BCUT2D eigenvalue weighted by Crippen LogP contribution is -2.30. The molecule has 0 bridgehead atoms. The normalized spacial score (nSPS) is 13.6. The maximum absolute atomic E-state index is 13.2. The third-order valence-corrected chi connectivity index (χ3v) is 5.59. The molecule has 0 radical (unpaired) electrons. The fourth-order valence-corrected chi connectivity index (χ4v) is 3.92. The lowest BCUT2D eigenvalue weighted by Gasteiger charge is -2.19. The Morgan fingerprint density at radius 1 is 1.19 bits per heavy atom. The highest BCUT2D eigenvalue weighted by Gasteiger charge is 2.28. The molecule has 138 valence electrons. The van der Waals surface area contributed by atoms with Gasteiger partial charge in [-0.2, -0.15) is 0 Å². The SMILES string of the molecule is NS(=O)(=O)c1ccc2c(c1)CCN2C(=O)c1ccccc1Cn1ccnc1. The molecule has 1 amide bonds. The van der Waals surface area contributed by atoms with E-state index in [0.717, 1.165) is 16.8 Å². The molecule has 3 aromatic rings. The maximum Gasteiger partial charge on any atom is 0.258 e. The molecule has 0 atom stereocenters. The molecule has 2 aromatic carbocycles. The third-order valence-electron chi connectivity index (χ3n) is 4.68. The van der Waals surface area contributed by atoms with Gasteiger partial charge in [-0.25, -0.2) is 18.5 Å². The summed E-state index contributed by atoms with van der Waals surface area (Å²) >= 11 is 0. The molecule has 0 saturated heterocycles. The number of anilines is 1. The molecule has 1 aromatic heterocycles. The van der Waals surface area contributed by atoms with E-state index in [1.807, 2.05) is 35.0 Å². The van der Waals surface area contributed by atoms with Crippen molar-refractivity contribution in [3.05, 3.63) is 77.9 Å². The van der Waals surface area contributed by atoms with Gasteiger partial charge in [0.05, 0.1) is 11.2 Å². The lowest BCUT2D eigenvalue weighted by atomic mass is 10.1. The summed E-state index contributed by atoms with van der Waals surface area (Å²) in [7, 11) is -3.76. The Morgan fingerprint density at radius 3 is 2.74 bits per heavy atom. The summed E-state index contributed by atoms with van der Waals surface area (Å²) in [5.74, 6) is -0.104. The summed E-state index contributed by atoms with van der Waals surface area (Å²) in [5.41, 5.74) is 3.05. The second-order valence-electron chi connectivity index (χ2n) is 6.43. The Balaban J connectivity index is 1.66. The number of benzene rings is 2. The highest BCUT2D eigenvalue weighted by atomic mass is 32.2. The van der Waals surface area contributed by atoms with Crippen molar-refractivity contribution >= 4 is 21.6 Å².